The van der Waals surface area contributed by atoms with Gasteiger partial charge in [-0.15, -0.1) is 0 Å². The van der Waals surface area contributed by atoms with E-state index >= 15 is 0 Å². The molecule has 1 amide bonds. The van der Waals surface area contributed by atoms with Crippen molar-refractivity contribution in [3.05, 3.63) is 17.7 Å². The van der Waals surface area contributed by atoms with Crippen LogP contribution >= 0.6 is 15.9 Å². The summed E-state index contributed by atoms with van der Waals surface area (Å²) in [6.07, 6.45) is 0.731. The molecule has 0 aliphatic carbocycles. The van der Waals surface area contributed by atoms with E-state index in [0.29, 0.717) is 23.8 Å². The van der Waals surface area contributed by atoms with Crippen LogP contribution in [-0.4, -0.2) is 32.1 Å². The summed E-state index contributed by atoms with van der Waals surface area (Å²) in [5.41, 5.74) is 0.828. The average molecular weight is 346 g/mol. The number of halogens is 1. The first-order valence-electron chi connectivity index (χ1n) is 6.28. The largest absolute Gasteiger partial charge is 0.496 e. The number of hydrogen-bond acceptors (Lipinski definition) is 4. The molecule has 112 valence electrons. The predicted octanol–water partition coefficient (Wildman–Crippen LogP) is 2.50. The van der Waals surface area contributed by atoms with Crippen molar-refractivity contribution in [3.8, 4) is 17.2 Å². The molecule has 20 heavy (non-hydrogen) atoms. The highest BCUT2D eigenvalue weighted by Gasteiger charge is 2.15. The van der Waals surface area contributed by atoms with Gasteiger partial charge in [-0.05, 0) is 12.5 Å². The summed E-state index contributed by atoms with van der Waals surface area (Å²) in [6, 6.07) is 3.54. The maximum atomic E-state index is 11.8. The highest BCUT2D eigenvalue weighted by Crippen LogP contribution is 2.34. The van der Waals surface area contributed by atoms with Crippen LogP contribution in [0.5, 0.6) is 17.2 Å². The fourth-order valence-electron chi connectivity index (χ4n) is 1.71. The topological polar surface area (TPSA) is 56.8 Å². The van der Waals surface area contributed by atoms with Crippen LogP contribution in [-0.2, 0) is 11.3 Å². The second kappa shape index (κ2) is 7.99. The van der Waals surface area contributed by atoms with Crippen LogP contribution in [0.2, 0.25) is 0 Å². The molecule has 0 saturated carbocycles. The Morgan fingerprint density at radius 1 is 1.15 bits per heavy atom. The van der Waals surface area contributed by atoms with E-state index in [-0.39, 0.29) is 10.7 Å². The number of rotatable bonds is 7. The van der Waals surface area contributed by atoms with E-state index in [1.54, 1.807) is 33.5 Å². The summed E-state index contributed by atoms with van der Waals surface area (Å²) >= 11 is 3.31. The smallest absolute Gasteiger partial charge is 0.234 e. The normalized spacial score (nSPS) is 11.7. The summed E-state index contributed by atoms with van der Waals surface area (Å²) in [4.78, 5) is 11.6. The molecule has 1 atom stereocenters. The molecule has 1 unspecified atom stereocenters. The van der Waals surface area contributed by atoms with E-state index in [2.05, 4.69) is 21.2 Å². The molecule has 0 spiro atoms. The van der Waals surface area contributed by atoms with Gasteiger partial charge in [0.1, 0.15) is 5.75 Å². The zero-order chi connectivity index (χ0) is 15.1. The lowest BCUT2D eigenvalue weighted by atomic mass is 10.1. The molecule has 0 fully saturated rings. The predicted molar refractivity (Wildman–Crippen MR) is 81.0 cm³/mol. The lowest BCUT2D eigenvalue weighted by Crippen LogP contribution is -2.30. The third-order valence-electron chi connectivity index (χ3n) is 2.88. The van der Waals surface area contributed by atoms with Gasteiger partial charge in [0.05, 0.1) is 26.2 Å². The third-order valence-corrected chi connectivity index (χ3v) is 3.95. The molecule has 0 heterocycles. The maximum absolute atomic E-state index is 11.8. The molecular weight excluding hydrogens is 326 g/mol. The first kappa shape index (κ1) is 16.6. The van der Waals surface area contributed by atoms with Crippen LogP contribution in [0, 0.1) is 0 Å². The molecule has 1 N–H and O–H groups in total. The number of carbonyl (C=O) groups is 1. The minimum absolute atomic E-state index is 0.0515. The van der Waals surface area contributed by atoms with E-state index in [1.807, 2.05) is 6.92 Å². The molecule has 0 aromatic heterocycles. The second-order valence-electron chi connectivity index (χ2n) is 4.11. The highest BCUT2D eigenvalue weighted by molar-refractivity contribution is 9.10. The first-order valence-corrected chi connectivity index (χ1v) is 7.19. The summed E-state index contributed by atoms with van der Waals surface area (Å²) in [7, 11) is 4.71. The number of nitrogens with one attached hydrogen (secondary N) is 1. The van der Waals surface area contributed by atoms with Crippen LogP contribution in [0.4, 0.5) is 0 Å². The van der Waals surface area contributed by atoms with Gasteiger partial charge in [-0.2, -0.15) is 0 Å². The maximum Gasteiger partial charge on any atom is 0.234 e. The van der Waals surface area contributed by atoms with Gasteiger partial charge in [-0.1, -0.05) is 22.9 Å². The summed E-state index contributed by atoms with van der Waals surface area (Å²) in [5.74, 6) is 1.78. The second-order valence-corrected chi connectivity index (χ2v) is 5.22. The van der Waals surface area contributed by atoms with Gasteiger partial charge >= 0.3 is 0 Å². The van der Waals surface area contributed by atoms with Crippen molar-refractivity contribution in [2.45, 2.75) is 24.7 Å². The molecule has 0 saturated heterocycles. The van der Waals surface area contributed by atoms with E-state index in [4.69, 9.17) is 14.2 Å². The minimum Gasteiger partial charge on any atom is -0.496 e. The van der Waals surface area contributed by atoms with Gasteiger partial charge in [-0.3, -0.25) is 4.79 Å². The minimum atomic E-state index is -0.186. The monoisotopic (exact) mass is 345 g/mol. The number of hydrogen-bond donors (Lipinski definition) is 1. The van der Waals surface area contributed by atoms with Crippen molar-refractivity contribution >= 4 is 21.8 Å². The first-order chi connectivity index (χ1) is 9.57. The van der Waals surface area contributed by atoms with Crippen molar-refractivity contribution in [2.75, 3.05) is 21.3 Å². The zero-order valence-corrected chi connectivity index (χ0v) is 13.7. The summed E-state index contributed by atoms with van der Waals surface area (Å²) in [6.45, 7) is 2.31. The third kappa shape index (κ3) is 4.03. The van der Waals surface area contributed by atoms with Gasteiger partial charge in [0.15, 0.2) is 11.5 Å². The number of ether oxygens (including phenoxy) is 3. The van der Waals surface area contributed by atoms with E-state index in [0.717, 1.165) is 12.0 Å². The lowest BCUT2D eigenvalue weighted by Gasteiger charge is -2.15. The number of methoxy groups -OCH3 is 3. The SMILES string of the molecule is CCC(Br)C(=O)NCc1cc(OC)c(OC)cc1OC. The fraction of sp³-hybridized carbons (Fsp3) is 0.500. The van der Waals surface area contributed by atoms with E-state index in [9.17, 15) is 4.79 Å². The molecule has 6 heteroatoms. The molecule has 0 aliphatic heterocycles. The Hall–Kier alpha value is -1.43. The summed E-state index contributed by atoms with van der Waals surface area (Å²) < 4.78 is 15.8. The number of benzene rings is 1. The number of alkyl halides is 1. The Balaban J connectivity index is 2.91. The molecule has 1 rings (SSSR count). The summed E-state index contributed by atoms with van der Waals surface area (Å²) in [5, 5.41) is 2.85. The van der Waals surface area contributed by atoms with Crippen molar-refractivity contribution < 1.29 is 19.0 Å². The molecule has 0 bridgehead atoms. The fourth-order valence-corrected chi connectivity index (χ4v) is 1.87. The van der Waals surface area contributed by atoms with Gasteiger partial charge in [0, 0.05) is 18.2 Å². The van der Waals surface area contributed by atoms with Crippen molar-refractivity contribution in [2.24, 2.45) is 0 Å². The van der Waals surface area contributed by atoms with Gasteiger partial charge in [0.2, 0.25) is 5.91 Å². The Labute approximate surface area is 127 Å². The lowest BCUT2D eigenvalue weighted by molar-refractivity contribution is -0.120. The number of amides is 1. The van der Waals surface area contributed by atoms with Crippen LogP contribution in [0.1, 0.15) is 18.9 Å². The average Bonchev–Trinajstić information content (AvgIpc) is 2.50. The van der Waals surface area contributed by atoms with E-state index < -0.39 is 0 Å². The van der Waals surface area contributed by atoms with Gasteiger partial charge in [-0.25, -0.2) is 0 Å². The van der Waals surface area contributed by atoms with Crippen LogP contribution < -0.4 is 19.5 Å². The number of carbonyl (C=O) groups excluding carboxylic acids is 1. The standard InChI is InChI=1S/C14H20BrNO4/c1-5-10(15)14(17)16-8-9-6-12(19-3)13(20-4)7-11(9)18-2/h6-7,10H,5,8H2,1-4H3,(H,16,17). The Morgan fingerprint density at radius 2 is 1.70 bits per heavy atom. The molecule has 1 aromatic carbocycles. The van der Waals surface area contributed by atoms with Gasteiger partial charge in [0.25, 0.3) is 0 Å². The Morgan fingerprint density at radius 3 is 2.20 bits per heavy atom. The quantitative estimate of drug-likeness (QED) is 0.771. The van der Waals surface area contributed by atoms with Crippen LogP contribution in [0.25, 0.3) is 0 Å². The molecule has 0 aliphatic rings. The highest BCUT2D eigenvalue weighted by atomic mass is 79.9. The Kier molecular flexibility index (Phi) is 6.64. The molecular formula is C14H20BrNO4. The van der Waals surface area contributed by atoms with Crippen LogP contribution in [0.15, 0.2) is 12.1 Å². The Bertz CT molecular complexity index is 465. The molecule has 5 nitrogen and oxygen atoms in total. The van der Waals surface area contributed by atoms with Crippen molar-refractivity contribution in [1.82, 2.24) is 5.32 Å². The van der Waals surface area contributed by atoms with E-state index in [1.165, 1.54) is 0 Å². The van der Waals surface area contributed by atoms with Crippen molar-refractivity contribution in [1.29, 1.82) is 0 Å². The molecule has 1 aromatic rings. The molecule has 0 radical (unpaired) electrons. The van der Waals surface area contributed by atoms with Gasteiger partial charge < -0.3 is 19.5 Å². The zero-order valence-electron chi connectivity index (χ0n) is 12.2. The van der Waals surface area contributed by atoms with Crippen molar-refractivity contribution in [3.63, 3.8) is 0 Å². The van der Waals surface area contributed by atoms with Crippen LogP contribution in [0.3, 0.4) is 0 Å².